The van der Waals surface area contributed by atoms with E-state index >= 15 is 0 Å². The summed E-state index contributed by atoms with van der Waals surface area (Å²) in [6.07, 6.45) is 6.08. The van der Waals surface area contributed by atoms with Crippen molar-refractivity contribution >= 4 is 0 Å². The van der Waals surface area contributed by atoms with E-state index in [1.165, 1.54) is 0 Å². The number of aryl methyl sites for hydroxylation is 1. The van der Waals surface area contributed by atoms with Crippen LogP contribution in [-0.2, 0) is 19.5 Å². The lowest BCUT2D eigenvalue weighted by atomic mass is 10.1. The van der Waals surface area contributed by atoms with Crippen LogP contribution in [0.4, 0.5) is 0 Å². The Hall–Kier alpha value is -1.69. The summed E-state index contributed by atoms with van der Waals surface area (Å²) in [6, 6.07) is 0. The zero-order chi connectivity index (χ0) is 14.5. The van der Waals surface area contributed by atoms with Crippen LogP contribution in [0.15, 0.2) is 18.7 Å². The summed E-state index contributed by atoms with van der Waals surface area (Å²) in [7, 11) is 0. The fraction of sp³-hybridized carbons (Fsp3) is 0.643. The van der Waals surface area contributed by atoms with E-state index in [1.54, 1.807) is 12.5 Å². The molecule has 0 aliphatic rings. The van der Waals surface area contributed by atoms with Gasteiger partial charge < -0.3 is 5.11 Å². The van der Waals surface area contributed by atoms with Crippen molar-refractivity contribution in [2.45, 2.75) is 52.8 Å². The first-order valence-electron chi connectivity index (χ1n) is 7.17. The van der Waals surface area contributed by atoms with E-state index in [0.717, 1.165) is 30.9 Å². The maximum atomic E-state index is 10.3. The van der Waals surface area contributed by atoms with Gasteiger partial charge >= 0.3 is 0 Å². The predicted octanol–water partition coefficient (Wildman–Crippen LogP) is 1.82. The largest absolute Gasteiger partial charge is 0.388 e. The molecule has 0 spiro atoms. The molecule has 1 atom stereocenters. The van der Waals surface area contributed by atoms with E-state index in [4.69, 9.17) is 0 Å². The Kier molecular flexibility index (Phi) is 4.89. The zero-order valence-corrected chi connectivity index (χ0v) is 12.4. The van der Waals surface area contributed by atoms with Crippen LogP contribution in [0.1, 0.15) is 44.7 Å². The molecule has 2 aromatic rings. The van der Waals surface area contributed by atoms with Crippen LogP contribution in [0.2, 0.25) is 0 Å². The summed E-state index contributed by atoms with van der Waals surface area (Å²) in [5.74, 6) is 1.31. The molecule has 0 aromatic carbocycles. The van der Waals surface area contributed by atoms with Gasteiger partial charge in [0.2, 0.25) is 0 Å². The molecule has 20 heavy (non-hydrogen) atoms. The first-order chi connectivity index (χ1) is 9.60. The third-order valence-corrected chi connectivity index (χ3v) is 3.10. The lowest BCUT2D eigenvalue weighted by Gasteiger charge is -2.11. The van der Waals surface area contributed by atoms with Crippen LogP contribution in [0.25, 0.3) is 0 Å². The zero-order valence-electron chi connectivity index (χ0n) is 12.4. The molecule has 6 heteroatoms. The van der Waals surface area contributed by atoms with E-state index in [1.807, 2.05) is 15.6 Å². The number of hydrogen-bond acceptors (Lipinski definition) is 4. The second kappa shape index (κ2) is 6.65. The summed E-state index contributed by atoms with van der Waals surface area (Å²) in [5.41, 5.74) is 0.831. The van der Waals surface area contributed by atoms with Crippen LogP contribution in [0, 0.1) is 5.92 Å². The Labute approximate surface area is 119 Å². The first kappa shape index (κ1) is 14.7. The van der Waals surface area contributed by atoms with E-state index in [-0.39, 0.29) is 0 Å². The fourth-order valence-electron chi connectivity index (χ4n) is 2.14. The van der Waals surface area contributed by atoms with Gasteiger partial charge in [0, 0.05) is 31.3 Å². The van der Waals surface area contributed by atoms with Crippen molar-refractivity contribution in [2.75, 3.05) is 0 Å². The Bertz CT molecular complexity index is 531. The molecule has 0 bridgehead atoms. The number of aliphatic hydroxyl groups excluding tert-OH is 1. The van der Waals surface area contributed by atoms with Crippen molar-refractivity contribution in [3.05, 3.63) is 30.1 Å². The molecule has 110 valence electrons. The minimum absolute atomic E-state index is 0.463. The minimum atomic E-state index is -0.587. The summed E-state index contributed by atoms with van der Waals surface area (Å²) in [6.45, 7) is 8.06. The highest BCUT2D eigenvalue weighted by Gasteiger charge is 2.15. The number of rotatable bonds is 7. The molecule has 0 saturated carbocycles. The molecule has 0 radical (unpaired) electrons. The Morgan fingerprint density at radius 2 is 2.10 bits per heavy atom. The van der Waals surface area contributed by atoms with Crippen LogP contribution >= 0.6 is 0 Å². The molecular weight excluding hydrogens is 254 g/mol. The van der Waals surface area contributed by atoms with E-state index in [0.29, 0.717) is 12.3 Å². The quantitative estimate of drug-likeness (QED) is 0.838. The van der Waals surface area contributed by atoms with Crippen molar-refractivity contribution in [2.24, 2.45) is 5.92 Å². The molecular formula is C14H23N5O. The molecule has 0 fully saturated rings. The predicted molar refractivity (Wildman–Crippen MR) is 76.0 cm³/mol. The molecule has 0 aliphatic carbocycles. The topological polar surface area (TPSA) is 68.8 Å². The lowest BCUT2D eigenvalue weighted by molar-refractivity contribution is 0.173. The molecule has 6 nitrogen and oxygen atoms in total. The van der Waals surface area contributed by atoms with Gasteiger partial charge in [-0.05, 0) is 12.3 Å². The van der Waals surface area contributed by atoms with Gasteiger partial charge in [-0.25, -0.2) is 9.67 Å². The smallest absolute Gasteiger partial charge is 0.138 e. The Balaban J connectivity index is 2.03. The Morgan fingerprint density at radius 1 is 1.30 bits per heavy atom. The number of hydrogen-bond donors (Lipinski definition) is 1. The van der Waals surface area contributed by atoms with Gasteiger partial charge in [0.25, 0.3) is 0 Å². The minimum Gasteiger partial charge on any atom is -0.388 e. The van der Waals surface area contributed by atoms with Crippen LogP contribution < -0.4 is 0 Å². The molecule has 0 amide bonds. The third kappa shape index (κ3) is 3.66. The van der Waals surface area contributed by atoms with E-state index < -0.39 is 6.10 Å². The molecule has 2 heterocycles. The number of aliphatic hydroxyl groups is 1. The van der Waals surface area contributed by atoms with Gasteiger partial charge in [-0.3, -0.25) is 4.68 Å². The molecule has 0 saturated heterocycles. The summed E-state index contributed by atoms with van der Waals surface area (Å²) in [5, 5.41) is 18.8. The summed E-state index contributed by atoms with van der Waals surface area (Å²) in [4.78, 5) is 4.24. The van der Waals surface area contributed by atoms with Gasteiger partial charge in [0.15, 0.2) is 0 Å². The second-order valence-electron chi connectivity index (χ2n) is 5.51. The normalized spacial score (nSPS) is 13.1. The fourth-order valence-corrected chi connectivity index (χ4v) is 2.14. The number of aromatic nitrogens is 5. The van der Waals surface area contributed by atoms with Crippen LogP contribution in [-0.4, -0.2) is 29.7 Å². The highest BCUT2D eigenvalue weighted by atomic mass is 16.3. The monoisotopic (exact) mass is 277 g/mol. The highest BCUT2D eigenvalue weighted by molar-refractivity contribution is 5.10. The summed E-state index contributed by atoms with van der Waals surface area (Å²) < 4.78 is 3.72. The van der Waals surface area contributed by atoms with Crippen molar-refractivity contribution in [1.82, 2.24) is 24.5 Å². The van der Waals surface area contributed by atoms with Crippen molar-refractivity contribution < 1.29 is 5.11 Å². The standard InChI is InChI=1S/C14H23N5O/c1-4-5-18-9-12(7-16-18)13(20)6-14-15-10-17-19(14)8-11(2)3/h7,9-11,13,20H,4-6,8H2,1-3H3. The average Bonchev–Trinajstić information content (AvgIpc) is 2.99. The van der Waals surface area contributed by atoms with Crippen molar-refractivity contribution in [3.63, 3.8) is 0 Å². The lowest BCUT2D eigenvalue weighted by Crippen LogP contribution is -2.13. The van der Waals surface area contributed by atoms with Gasteiger partial charge in [-0.1, -0.05) is 20.8 Å². The molecule has 0 aliphatic heterocycles. The molecule has 1 unspecified atom stereocenters. The average molecular weight is 277 g/mol. The van der Waals surface area contributed by atoms with Gasteiger partial charge in [0.05, 0.1) is 12.3 Å². The Morgan fingerprint density at radius 3 is 2.80 bits per heavy atom. The molecule has 2 aromatic heterocycles. The third-order valence-electron chi connectivity index (χ3n) is 3.10. The second-order valence-corrected chi connectivity index (χ2v) is 5.51. The maximum absolute atomic E-state index is 10.3. The van der Waals surface area contributed by atoms with Gasteiger partial charge in [0.1, 0.15) is 12.2 Å². The van der Waals surface area contributed by atoms with Crippen LogP contribution in [0.3, 0.4) is 0 Å². The maximum Gasteiger partial charge on any atom is 0.138 e. The van der Waals surface area contributed by atoms with Gasteiger partial charge in [-0.2, -0.15) is 10.2 Å². The van der Waals surface area contributed by atoms with E-state index in [2.05, 4.69) is 36.0 Å². The first-order valence-corrected chi connectivity index (χ1v) is 7.17. The highest BCUT2D eigenvalue weighted by Crippen LogP contribution is 2.17. The van der Waals surface area contributed by atoms with E-state index in [9.17, 15) is 5.11 Å². The molecule has 1 N–H and O–H groups in total. The number of nitrogens with zero attached hydrogens (tertiary/aromatic N) is 5. The van der Waals surface area contributed by atoms with Crippen LogP contribution in [0.5, 0.6) is 0 Å². The van der Waals surface area contributed by atoms with Crippen molar-refractivity contribution in [1.29, 1.82) is 0 Å². The summed E-state index contributed by atoms with van der Waals surface area (Å²) >= 11 is 0. The molecule has 2 rings (SSSR count). The van der Waals surface area contributed by atoms with Crippen molar-refractivity contribution in [3.8, 4) is 0 Å². The van der Waals surface area contributed by atoms with Gasteiger partial charge in [-0.15, -0.1) is 0 Å². The SMILES string of the molecule is CCCn1cc(C(O)Cc2ncnn2CC(C)C)cn1.